The molecule has 0 bridgehead atoms. The van der Waals surface area contributed by atoms with Crippen molar-refractivity contribution < 1.29 is 13.2 Å². The molecule has 0 saturated heterocycles. The summed E-state index contributed by atoms with van der Waals surface area (Å²) in [6, 6.07) is 18.7. The van der Waals surface area contributed by atoms with E-state index in [1.807, 2.05) is 24.3 Å². The number of benzene rings is 2. The van der Waals surface area contributed by atoms with Crippen LogP contribution in [0.2, 0.25) is 0 Å². The lowest BCUT2D eigenvalue weighted by Crippen LogP contribution is -2.07. The molecule has 2 aromatic carbocycles. The number of hydrogen-bond acceptors (Lipinski definition) is 1. The number of halogens is 3. The molecule has 0 atom stereocenters. The number of rotatable bonds is 4. The predicted octanol–water partition coefficient (Wildman–Crippen LogP) is 6.51. The highest BCUT2D eigenvalue weighted by Gasteiger charge is 2.31. The summed E-state index contributed by atoms with van der Waals surface area (Å²) in [4.78, 5) is 3.41. The number of unbranched alkanes of at least 4 members (excludes halogenated alkanes) is 1. The zero-order chi connectivity index (χ0) is 20.0. The van der Waals surface area contributed by atoms with Gasteiger partial charge >= 0.3 is 6.18 Å². The Hall–Kier alpha value is -3.06. The summed E-state index contributed by atoms with van der Waals surface area (Å²) in [6.45, 7) is 2.19. The van der Waals surface area contributed by atoms with E-state index < -0.39 is 11.9 Å². The molecule has 0 spiro atoms. The molecule has 1 nitrogen and oxygen atoms in total. The lowest BCUT2D eigenvalue weighted by molar-refractivity contribution is -0.141. The Labute approximate surface area is 163 Å². The van der Waals surface area contributed by atoms with Gasteiger partial charge in [-0.3, -0.25) is 4.98 Å². The minimum absolute atomic E-state index is 0.444. The maximum atomic E-state index is 12.5. The summed E-state index contributed by atoms with van der Waals surface area (Å²) in [5.74, 6) is 5.80. The molecule has 4 heteroatoms. The zero-order valence-corrected chi connectivity index (χ0v) is 15.6. The first-order valence-corrected chi connectivity index (χ1v) is 9.20. The molecular formula is C24H20F3N. The van der Waals surface area contributed by atoms with Gasteiger partial charge in [-0.25, -0.2) is 0 Å². The fraction of sp³-hybridized carbons (Fsp3) is 0.208. The van der Waals surface area contributed by atoms with Crippen LogP contribution in [0, 0.1) is 11.8 Å². The van der Waals surface area contributed by atoms with Crippen molar-refractivity contribution >= 4 is 0 Å². The van der Waals surface area contributed by atoms with E-state index in [-0.39, 0.29) is 0 Å². The van der Waals surface area contributed by atoms with Crippen molar-refractivity contribution in [2.45, 2.75) is 32.4 Å². The number of nitrogens with zero attached hydrogens (tertiary/aromatic N) is 1. The van der Waals surface area contributed by atoms with Crippen LogP contribution < -0.4 is 0 Å². The van der Waals surface area contributed by atoms with Gasteiger partial charge in [0.1, 0.15) is 5.69 Å². The van der Waals surface area contributed by atoms with Gasteiger partial charge in [0.15, 0.2) is 0 Å². The van der Waals surface area contributed by atoms with Crippen molar-refractivity contribution in [3.05, 3.63) is 89.2 Å². The summed E-state index contributed by atoms with van der Waals surface area (Å²) in [5.41, 5.74) is 3.92. The van der Waals surface area contributed by atoms with E-state index in [1.54, 1.807) is 0 Å². The van der Waals surface area contributed by atoms with Gasteiger partial charge in [-0.1, -0.05) is 61.6 Å². The average Bonchev–Trinajstić information content (AvgIpc) is 2.71. The van der Waals surface area contributed by atoms with E-state index in [9.17, 15) is 13.2 Å². The van der Waals surface area contributed by atoms with Crippen LogP contribution >= 0.6 is 0 Å². The molecule has 0 amide bonds. The topological polar surface area (TPSA) is 12.9 Å². The summed E-state index contributed by atoms with van der Waals surface area (Å²) in [6.07, 6.45) is 0.193. The molecule has 0 saturated carbocycles. The van der Waals surface area contributed by atoms with E-state index in [2.05, 4.69) is 48.0 Å². The van der Waals surface area contributed by atoms with Gasteiger partial charge in [-0.2, -0.15) is 13.2 Å². The van der Waals surface area contributed by atoms with Crippen LogP contribution in [0.3, 0.4) is 0 Å². The van der Waals surface area contributed by atoms with E-state index in [1.165, 1.54) is 24.5 Å². The lowest BCUT2D eigenvalue weighted by Gasteiger charge is -2.05. The Bertz CT molecular complexity index is 958. The highest BCUT2D eigenvalue weighted by molar-refractivity contribution is 5.64. The smallest absolute Gasteiger partial charge is 0.250 e. The Morgan fingerprint density at radius 2 is 1.36 bits per heavy atom. The van der Waals surface area contributed by atoms with Crippen molar-refractivity contribution in [3.8, 4) is 23.0 Å². The van der Waals surface area contributed by atoms with Gasteiger partial charge in [0.05, 0.1) is 0 Å². The largest absolute Gasteiger partial charge is 0.433 e. The predicted molar refractivity (Wildman–Crippen MR) is 106 cm³/mol. The van der Waals surface area contributed by atoms with Gasteiger partial charge in [0.25, 0.3) is 0 Å². The summed E-state index contributed by atoms with van der Waals surface area (Å²) < 4.78 is 37.6. The SMILES string of the molecule is CCCCc1ccc(-c2ccc(C#Cc3ccc(C(F)(F)F)nc3)cc2)cc1. The maximum Gasteiger partial charge on any atom is 0.433 e. The van der Waals surface area contributed by atoms with Crippen molar-refractivity contribution in [3.63, 3.8) is 0 Å². The van der Waals surface area contributed by atoms with Gasteiger partial charge in [-0.15, -0.1) is 0 Å². The summed E-state index contributed by atoms with van der Waals surface area (Å²) in [5, 5.41) is 0. The first kappa shape index (κ1) is 19.7. The van der Waals surface area contributed by atoms with Gasteiger partial charge in [0.2, 0.25) is 0 Å². The van der Waals surface area contributed by atoms with Gasteiger partial charge in [0, 0.05) is 17.3 Å². The molecule has 3 rings (SSSR count). The molecule has 3 aromatic rings. The van der Waals surface area contributed by atoms with Crippen LogP contribution in [0.25, 0.3) is 11.1 Å². The highest BCUT2D eigenvalue weighted by atomic mass is 19.4. The molecule has 0 N–H and O–H groups in total. The van der Waals surface area contributed by atoms with Crippen LogP contribution in [-0.2, 0) is 12.6 Å². The van der Waals surface area contributed by atoms with Crippen LogP contribution in [0.15, 0.2) is 66.9 Å². The highest BCUT2D eigenvalue weighted by Crippen LogP contribution is 2.27. The number of alkyl halides is 3. The van der Waals surface area contributed by atoms with Crippen molar-refractivity contribution in [1.82, 2.24) is 4.98 Å². The quantitative estimate of drug-likeness (QED) is 0.471. The second kappa shape index (κ2) is 8.75. The molecule has 0 radical (unpaired) electrons. The first-order chi connectivity index (χ1) is 13.5. The Morgan fingerprint density at radius 3 is 1.89 bits per heavy atom. The Balaban J connectivity index is 1.69. The Kier molecular flexibility index (Phi) is 6.16. The van der Waals surface area contributed by atoms with Crippen LogP contribution in [0.4, 0.5) is 13.2 Å². The van der Waals surface area contributed by atoms with Gasteiger partial charge < -0.3 is 0 Å². The standard InChI is InChI=1S/C24H20F3N/c1-2-3-4-18-7-12-21(13-8-18)22-14-9-19(10-15-22)5-6-20-11-16-23(28-17-20)24(25,26)27/h7-17H,2-4H2,1H3. The maximum absolute atomic E-state index is 12.5. The molecule has 0 aliphatic heterocycles. The molecule has 1 heterocycles. The van der Waals surface area contributed by atoms with E-state index >= 15 is 0 Å². The van der Waals surface area contributed by atoms with Crippen molar-refractivity contribution in [2.75, 3.05) is 0 Å². The molecule has 0 fully saturated rings. The number of hydrogen-bond donors (Lipinski definition) is 0. The number of aryl methyl sites for hydroxylation is 1. The Morgan fingerprint density at radius 1 is 0.786 bits per heavy atom. The van der Waals surface area contributed by atoms with Crippen LogP contribution in [0.1, 0.15) is 42.1 Å². The van der Waals surface area contributed by atoms with E-state index in [0.717, 1.165) is 35.4 Å². The number of aromatic nitrogens is 1. The monoisotopic (exact) mass is 379 g/mol. The third kappa shape index (κ3) is 5.23. The van der Waals surface area contributed by atoms with Crippen LogP contribution in [0.5, 0.6) is 0 Å². The minimum Gasteiger partial charge on any atom is -0.250 e. The second-order valence-electron chi connectivity index (χ2n) is 6.56. The van der Waals surface area contributed by atoms with E-state index in [0.29, 0.717) is 5.56 Å². The van der Waals surface area contributed by atoms with Crippen LogP contribution in [-0.4, -0.2) is 4.98 Å². The van der Waals surface area contributed by atoms with Crippen molar-refractivity contribution in [1.29, 1.82) is 0 Å². The second-order valence-corrected chi connectivity index (χ2v) is 6.56. The number of pyridine rings is 1. The van der Waals surface area contributed by atoms with E-state index in [4.69, 9.17) is 0 Å². The van der Waals surface area contributed by atoms with Gasteiger partial charge in [-0.05, 0) is 53.8 Å². The molecular weight excluding hydrogens is 359 g/mol. The molecule has 1 aromatic heterocycles. The van der Waals surface area contributed by atoms with Crippen molar-refractivity contribution in [2.24, 2.45) is 0 Å². The normalized spacial score (nSPS) is 11.0. The first-order valence-electron chi connectivity index (χ1n) is 9.20. The molecule has 0 aliphatic rings. The molecule has 0 aliphatic carbocycles. The summed E-state index contributed by atoms with van der Waals surface area (Å²) >= 11 is 0. The fourth-order valence-corrected chi connectivity index (χ4v) is 2.77. The molecule has 28 heavy (non-hydrogen) atoms. The lowest BCUT2D eigenvalue weighted by atomic mass is 10.0. The fourth-order valence-electron chi connectivity index (χ4n) is 2.77. The third-order valence-corrected chi connectivity index (χ3v) is 4.40. The molecule has 142 valence electrons. The summed E-state index contributed by atoms with van der Waals surface area (Å²) in [7, 11) is 0. The minimum atomic E-state index is -4.43. The average molecular weight is 379 g/mol. The third-order valence-electron chi connectivity index (χ3n) is 4.40. The zero-order valence-electron chi connectivity index (χ0n) is 15.6. The molecule has 0 unspecified atom stereocenters.